The second-order valence-electron chi connectivity index (χ2n) is 4.16. The first kappa shape index (κ1) is 17.9. The SMILES string of the molecule is C[C@@H](OC(=O)CCSc1ccc(F)c(F)c1)C(=O)NC(N)=O. The number of halogens is 2. The summed E-state index contributed by atoms with van der Waals surface area (Å²) >= 11 is 1.14. The minimum Gasteiger partial charge on any atom is -0.453 e. The van der Waals surface area contributed by atoms with E-state index in [0.717, 1.165) is 23.9 Å². The van der Waals surface area contributed by atoms with Gasteiger partial charge in [0, 0.05) is 10.6 Å². The van der Waals surface area contributed by atoms with Gasteiger partial charge in [0.2, 0.25) is 0 Å². The Morgan fingerprint density at radius 3 is 2.59 bits per heavy atom. The molecule has 0 heterocycles. The van der Waals surface area contributed by atoms with Gasteiger partial charge in [-0.3, -0.25) is 14.9 Å². The number of nitrogens with two attached hydrogens (primary N) is 1. The number of hydrogen-bond donors (Lipinski definition) is 2. The molecule has 0 fully saturated rings. The largest absolute Gasteiger partial charge is 0.453 e. The molecular formula is C13H14F2N2O4S. The minimum absolute atomic E-state index is 0.0438. The highest BCUT2D eigenvalue weighted by atomic mass is 32.2. The summed E-state index contributed by atoms with van der Waals surface area (Å²) in [5.74, 6) is -3.15. The maximum absolute atomic E-state index is 13.0. The van der Waals surface area contributed by atoms with E-state index in [1.165, 1.54) is 13.0 Å². The van der Waals surface area contributed by atoms with Gasteiger partial charge < -0.3 is 10.5 Å². The van der Waals surface area contributed by atoms with E-state index in [1.54, 1.807) is 5.32 Å². The van der Waals surface area contributed by atoms with Crippen LogP contribution in [0.25, 0.3) is 0 Å². The molecule has 6 nitrogen and oxygen atoms in total. The predicted molar refractivity (Wildman–Crippen MR) is 75.0 cm³/mol. The summed E-state index contributed by atoms with van der Waals surface area (Å²) in [6, 6.07) is 2.36. The van der Waals surface area contributed by atoms with Gasteiger partial charge in [-0.25, -0.2) is 13.6 Å². The summed E-state index contributed by atoms with van der Waals surface area (Å²) < 4.78 is 30.5. The molecule has 0 spiro atoms. The van der Waals surface area contributed by atoms with Crippen LogP contribution in [0, 0.1) is 11.6 Å². The monoisotopic (exact) mass is 332 g/mol. The summed E-state index contributed by atoms with van der Waals surface area (Å²) in [7, 11) is 0. The van der Waals surface area contributed by atoms with Crippen molar-refractivity contribution < 1.29 is 27.9 Å². The molecular weight excluding hydrogens is 318 g/mol. The molecule has 0 bridgehead atoms. The van der Waals surface area contributed by atoms with Crippen molar-refractivity contribution >= 4 is 29.7 Å². The number of carbonyl (C=O) groups excluding carboxylic acids is 3. The van der Waals surface area contributed by atoms with Crippen molar-refractivity contribution in [3.63, 3.8) is 0 Å². The molecule has 120 valence electrons. The van der Waals surface area contributed by atoms with Crippen LogP contribution < -0.4 is 11.1 Å². The highest BCUT2D eigenvalue weighted by Crippen LogP contribution is 2.21. The summed E-state index contributed by atoms with van der Waals surface area (Å²) in [4.78, 5) is 33.7. The van der Waals surface area contributed by atoms with Crippen molar-refractivity contribution in [3.05, 3.63) is 29.8 Å². The second-order valence-corrected chi connectivity index (χ2v) is 5.33. The van der Waals surface area contributed by atoms with Crippen LogP contribution in [0.3, 0.4) is 0 Å². The lowest BCUT2D eigenvalue weighted by molar-refractivity contribution is -0.154. The molecule has 0 aliphatic heterocycles. The number of esters is 1. The van der Waals surface area contributed by atoms with Crippen LogP contribution in [0.1, 0.15) is 13.3 Å². The molecule has 1 rings (SSSR count). The van der Waals surface area contributed by atoms with Crippen LogP contribution in [-0.2, 0) is 14.3 Å². The fourth-order valence-corrected chi connectivity index (χ4v) is 2.21. The Bertz CT molecular complexity index is 583. The maximum Gasteiger partial charge on any atom is 0.318 e. The Hall–Kier alpha value is -2.16. The molecule has 0 aliphatic rings. The molecule has 3 amide bonds. The third kappa shape index (κ3) is 6.08. The Morgan fingerprint density at radius 2 is 2.00 bits per heavy atom. The highest BCUT2D eigenvalue weighted by Gasteiger charge is 2.18. The first-order valence-electron chi connectivity index (χ1n) is 6.17. The number of hydrogen-bond acceptors (Lipinski definition) is 5. The number of amides is 3. The third-order valence-corrected chi connectivity index (χ3v) is 3.39. The molecule has 1 atom stereocenters. The molecule has 0 aliphatic carbocycles. The van der Waals surface area contributed by atoms with E-state index in [2.05, 4.69) is 0 Å². The number of primary amides is 1. The quantitative estimate of drug-likeness (QED) is 0.609. The zero-order valence-electron chi connectivity index (χ0n) is 11.6. The van der Waals surface area contributed by atoms with E-state index in [1.807, 2.05) is 0 Å². The smallest absolute Gasteiger partial charge is 0.318 e. The second kappa shape index (κ2) is 8.32. The number of carbonyl (C=O) groups is 3. The summed E-state index contributed by atoms with van der Waals surface area (Å²) in [6.45, 7) is 1.29. The van der Waals surface area contributed by atoms with Crippen LogP contribution in [-0.4, -0.2) is 29.8 Å². The predicted octanol–water partition coefficient (Wildman–Crippen LogP) is 1.57. The lowest BCUT2D eigenvalue weighted by Crippen LogP contribution is -2.42. The van der Waals surface area contributed by atoms with Gasteiger partial charge in [-0.2, -0.15) is 0 Å². The van der Waals surface area contributed by atoms with E-state index in [0.29, 0.717) is 4.90 Å². The first-order chi connectivity index (χ1) is 10.3. The zero-order chi connectivity index (χ0) is 16.7. The molecule has 0 saturated heterocycles. The van der Waals surface area contributed by atoms with Gasteiger partial charge in [0.05, 0.1) is 6.42 Å². The first-order valence-corrected chi connectivity index (χ1v) is 7.15. The van der Waals surface area contributed by atoms with Crippen molar-refractivity contribution in [1.29, 1.82) is 0 Å². The van der Waals surface area contributed by atoms with Gasteiger partial charge >= 0.3 is 12.0 Å². The molecule has 1 aromatic carbocycles. The van der Waals surface area contributed by atoms with Crippen molar-refractivity contribution in [3.8, 4) is 0 Å². The lowest BCUT2D eigenvalue weighted by atomic mass is 10.3. The van der Waals surface area contributed by atoms with Gasteiger partial charge in [-0.05, 0) is 25.1 Å². The molecule has 0 aromatic heterocycles. The van der Waals surface area contributed by atoms with E-state index in [9.17, 15) is 23.2 Å². The number of benzene rings is 1. The molecule has 9 heteroatoms. The number of imide groups is 1. The van der Waals surface area contributed by atoms with E-state index < -0.39 is 35.6 Å². The van der Waals surface area contributed by atoms with E-state index in [4.69, 9.17) is 10.5 Å². The standard InChI is InChI=1S/C13H14F2N2O4S/c1-7(12(19)17-13(16)20)21-11(18)4-5-22-8-2-3-9(14)10(15)6-8/h2-3,6-7H,4-5H2,1H3,(H3,16,17,19,20)/t7-/m1/s1. The van der Waals surface area contributed by atoms with Crippen LogP contribution in [0.15, 0.2) is 23.1 Å². The van der Waals surface area contributed by atoms with Gasteiger partial charge in [-0.1, -0.05) is 0 Å². The Kier molecular flexibility index (Phi) is 6.77. The van der Waals surface area contributed by atoms with Gasteiger partial charge in [0.1, 0.15) is 0 Å². The zero-order valence-corrected chi connectivity index (χ0v) is 12.4. The van der Waals surface area contributed by atoms with Crippen molar-refractivity contribution in [1.82, 2.24) is 5.32 Å². The lowest BCUT2D eigenvalue weighted by Gasteiger charge is -2.11. The number of ether oxygens (including phenoxy) is 1. The topological polar surface area (TPSA) is 98.5 Å². The Labute approximate surface area is 129 Å². The average molecular weight is 332 g/mol. The van der Waals surface area contributed by atoms with Crippen LogP contribution in [0.5, 0.6) is 0 Å². The average Bonchev–Trinajstić information content (AvgIpc) is 2.42. The molecule has 22 heavy (non-hydrogen) atoms. The molecule has 0 saturated carbocycles. The number of thioether (sulfide) groups is 1. The molecule has 0 unspecified atom stereocenters. The maximum atomic E-state index is 13.0. The highest BCUT2D eigenvalue weighted by molar-refractivity contribution is 7.99. The number of rotatable bonds is 6. The minimum atomic E-state index is -1.16. The fourth-order valence-electron chi connectivity index (χ4n) is 1.35. The third-order valence-electron chi connectivity index (χ3n) is 2.39. The molecule has 0 radical (unpaired) electrons. The van der Waals surface area contributed by atoms with Crippen molar-refractivity contribution in [2.75, 3.05) is 5.75 Å². The molecule has 1 aromatic rings. The summed E-state index contributed by atoms with van der Waals surface area (Å²) in [5.41, 5.74) is 4.76. The fraction of sp³-hybridized carbons (Fsp3) is 0.308. The Morgan fingerprint density at radius 1 is 1.32 bits per heavy atom. The van der Waals surface area contributed by atoms with Gasteiger partial charge in [-0.15, -0.1) is 11.8 Å². The Balaban J connectivity index is 2.35. The molecule has 3 N–H and O–H groups in total. The normalized spacial score (nSPS) is 11.6. The van der Waals surface area contributed by atoms with Crippen molar-refractivity contribution in [2.24, 2.45) is 5.73 Å². The van der Waals surface area contributed by atoms with Crippen LogP contribution in [0.4, 0.5) is 13.6 Å². The summed E-state index contributed by atoms with van der Waals surface area (Å²) in [5, 5.41) is 1.78. The van der Waals surface area contributed by atoms with Gasteiger partial charge in [0.15, 0.2) is 17.7 Å². The van der Waals surface area contributed by atoms with Crippen LogP contribution >= 0.6 is 11.8 Å². The van der Waals surface area contributed by atoms with E-state index in [-0.39, 0.29) is 12.2 Å². The summed E-state index contributed by atoms with van der Waals surface area (Å²) in [6.07, 6.45) is -1.20. The van der Waals surface area contributed by atoms with Crippen molar-refractivity contribution in [2.45, 2.75) is 24.3 Å². The number of urea groups is 1. The van der Waals surface area contributed by atoms with Gasteiger partial charge in [0.25, 0.3) is 5.91 Å². The number of nitrogens with one attached hydrogen (secondary N) is 1. The van der Waals surface area contributed by atoms with E-state index >= 15 is 0 Å². The van der Waals surface area contributed by atoms with Crippen LogP contribution in [0.2, 0.25) is 0 Å².